The predicted molar refractivity (Wildman–Crippen MR) is 65.8 cm³/mol. The summed E-state index contributed by atoms with van der Waals surface area (Å²) in [6.45, 7) is 0.321. The van der Waals surface area contributed by atoms with Crippen molar-refractivity contribution in [3.8, 4) is 5.75 Å². The Balaban J connectivity index is 1.94. The lowest BCUT2D eigenvalue weighted by Crippen LogP contribution is -2.06. The van der Waals surface area contributed by atoms with Crippen LogP contribution >= 0.6 is 0 Å². The molecule has 0 saturated carbocycles. The Labute approximate surface area is 109 Å². The van der Waals surface area contributed by atoms with Crippen molar-refractivity contribution in [1.82, 2.24) is 9.78 Å². The van der Waals surface area contributed by atoms with Crippen molar-refractivity contribution < 1.29 is 19.0 Å². The highest BCUT2D eigenvalue weighted by Gasteiger charge is 2.10. The third-order valence-corrected chi connectivity index (χ3v) is 2.62. The Bertz CT molecular complexity index is 595. The van der Waals surface area contributed by atoms with E-state index >= 15 is 0 Å². The van der Waals surface area contributed by atoms with Gasteiger partial charge in [0.2, 0.25) is 0 Å². The predicted octanol–water partition coefficient (Wildman–Crippen LogP) is 1.88. The molecule has 5 nitrogen and oxygen atoms in total. The molecule has 2 rings (SSSR count). The van der Waals surface area contributed by atoms with Crippen LogP contribution in [0.5, 0.6) is 5.75 Å². The van der Waals surface area contributed by atoms with E-state index in [0.717, 1.165) is 5.69 Å². The van der Waals surface area contributed by atoms with Gasteiger partial charge < -0.3 is 9.84 Å². The number of carbonyl (C=O) groups is 1. The van der Waals surface area contributed by atoms with Gasteiger partial charge in [-0.05, 0) is 18.2 Å². The minimum absolute atomic E-state index is 0.00301. The summed E-state index contributed by atoms with van der Waals surface area (Å²) in [5.41, 5.74) is 0.747. The van der Waals surface area contributed by atoms with Crippen molar-refractivity contribution in [3.63, 3.8) is 0 Å². The molecule has 6 heteroatoms. The molecule has 1 aromatic carbocycles. The second-order valence-corrected chi connectivity index (χ2v) is 4.01. The van der Waals surface area contributed by atoms with Crippen LogP contribution in [0.4, 0.5) is 4.39 Å². The second-order valence-electron chi connectivity index (χ2n) is 4.01. The molecule has 0 spiro atoms. The highest BCUT2D eigenvalue weighted by Crippen LogP contribution is 2.12. The monoisotopic (exact) mass is 264 g/mol. The van der Waals surface area contributed by atoms with E-state index in [2.05, 4.69) is 5.10 Å². The van der Waals surface area contributed by atoms with Crippen LogP contribution in [0.3, 0.4) is 0 Å². The Hall–Kier alpha value is -2.37. The Kier molecular flexibility index (Phi) is 3.79. The van der Waals surface area contributed by atoms with Crippen molar-refractivity contribution in [2.24, 2.45) is 7.05 Å². The molecule has 100 valence electrons. The number of benzene rings is 1. The van der Waals surface area contributed by atoms with Gasteiger partial charge in [-0.25, -0.2) is 9.18 Å². The lowest BCUT2D eigenvalue weighted by atomic mass is 10.3. The summed E-state index contributed by atoms with van der Waals surface area (Å²) in [7, 11) is 1.67. The first-order chi connectivity index (χ1) is 9.06. The molecule has 0 aliphatic rings. The first-order valence-corrected chi connectivity index (χ1v) is 5.71. The van der Waals surface area contributed by atoms with Crippen LogP contribution in [0.15, 0.2) is 30.3 Å². The first kappa shape index (κ1) is 13.1. The van der Waals surface area contributed by atoms with Gasteiger partial charge in [-0.3, -0.25) is 4.68 Å². The number of carboxylic acids is 1. The fourth-order valence-corrected chi connectivity index (χ4v) is 1.67. The zero-order valence-corrected chi connectivity index (χ0v) is 10.3. The van der Waals surface area contributed by atoms with Crippen molar-refractivity contribution in [2.45, 2.75) is 6.42 Å². The number of halogens is 1. The van der Waals surface area contributed by atoms with Crippen molar-refractivity contribution >= 4 is 5.97 Å². The van der Waals surface area contributed by atoms with Gasteiger partial charge in [-0.1, -0.05) is 6.07 Å². The van der Waals surface area contributed by atoms with Gasteiger partial charge in [0.25, 0.3) is 0 Å². The van der Waals surface area contributed by atoms with Crippen LogP contribution in [-0.2, 0) is 13.5 Å². The van der Waals surface area contributed by atoms with Crippen LogP contribution in [0, 0.1) is 5.82 Å². The number of hydrogen-bond donors (Lipinski definition) is 1. The lowest BCUT2D eigenvalue weighted by molar-refractivity contribution is 0.0689. The summed E-state index contributed by atoms with van der Waals surface area (Å²) in [6.07, 6.45) is 0.493. The molecule has 0 saturated heterocycles. The summed E-state index contributed by atoms with van der Waals surface area (Å²) in [4.78, 5) is 10.8. The molecule has 0 bridgehead atoms. The van der Waals surface area contributed by atoms with Gasteiger partial charge in [0.05, 0.1) is 6.61 Å². The van der Waals surface area contributed by atoms with E-state index in [1.807, 2.05) is 0 Å². The highest BCUT2D eigenvalue weighted by molar-refractivity contribution is 5.85. The SMILES string of the molecule is Cn1nc(C(=O)O)cc1CCOc1cccc(F)c1. The third-order valence-electron chi connectivity index (χ3n) is 2.62. The number of hydrogen-bond acceptors (Lipinski definition) is 3. The smallest absolute Gasteiger partial charge is 0.356 e. The molecule has 1 aromatic heterocycles. The fraction of sp³-hybridized carbons (Fsp3) is 0.231. The average Bonchev–Trinajstić information content (AvgIpc) is 2.71. The summed E-state index contributed by atoms with van der Waals surface area (Å²) >= 11 is 0. The quantitative estimate of drug-likeness (QED) is 0.895. The summed E-state index contributed by atoms with van der Waals surface area (Å²) < 4.78 is 19.8. The van der Waals surface area contributed by atoms with Crippen molar-refractivity contribution in [1.29, 1.82) is 0 Å². The van der Waals surface area contributed by atoms with E-state index < -0.39 is 5.97 Å². The Morgan fingerprint density at radius 1 is 1.47 bits per heavy atom. The van der Waals surface area contributed by atoms with Crippen molar-refractivity contribution in [3.05, 3.63) is 47.5 Å². The van der Waals surface area contributed by atoms with E-state index in [9.17, 15) is 9.18 Å². The van der Waals surface area contributed by atoms with Gasteiger partial charge in [0.15, 0.2) is 5.69 Å². The van der Waals surface area contributed by atoms with Gasteiger partial charge in [-0.15, -0.1) is 0 Å². The van der Waals surface area contributed by atoms with Gasteiger partial charge >= 0.3 is 5.97 Å². The average molecular weight is 264 g/mol. The number of rotatable bonds is 5. The Morgan fingerprint density at radius 2 is 2.26 bits per heavy atom. The number of aromatic carboxylic acids is 1. The fourth-order valence-electron chi connectivity index (χ4n) is 1.67. The zero-order valence-electron chi connectivity index (χ0n) is 10.3. The maximum absolute atomic E-state index is 12.9. The highest BCUT2D eigenvalue weighted by atomic mass is 19.1. The minimum Gasteiger partial charge on any atom is -0.493 e. The molecule has 0 atom stereocenters. The molecule has 1 heterocycles. The van der Waals surface area contributed by atoms with Crippen LogP contribution in [-0.4, -0.2) is 27.5 Å². The number of ether oxygens (including phenoxy) is 1. The van der Waals surface area contributed by atoms with E-state index in [-0.39, 0.29) is 11.5 Å². The second kappa shape index (κ2) is 5.51. The third kappa shape index (κ3) is 3.31. The van der Waals surface area contributed by atoms with E-state index in [1.165, 1.54) is 22.9 Å². The molecular weight excluding hydrogens is 251 g/mol. The minimum atomic E-state index is -1.06. The molecule has 1 N–H and O–H groups in total. The van der Waals surface area contributed by atoms with Crippen LogP contribution in [0.2, 0.25) is 0 Å². The van der Waals surface area contributed by atoms with Crippen molar-refractivity contribution in [2.75, 3.05) is 6.61 Å². The molecule has 0 aliphatic heterocycles. The molecule has 0 amide bonds. The molecule has 0 unspecified atom stereocenters. The topological polar surface area (TPSA) is 64.4 Å². The van der Waals surface area contributed by atoms with Crippen LogP contribution in [0.1, 0.15) is 16.2 Å². The van der Waals surface area contributed by atoms with E-state index in [4.69, 9.17) is 9.84 Å². The number of nitrogens with zero attached hydrogens (tertiary/aromatic N) is 2. The van der Waals surface area contributed by atoms with Gasteiger partial charge in [-0.2, -0.15) is 5.10 Å². The molecule has 2 aromatic rings. The largest absolute Gasteiger partial charge is 0.493 e. The normalized spacial score (nSPS) is 10.4. The zero-order chi connectivity index (χ0) is 13.8. The summed E-state index contributed by atoms with van der Waals surface area (Å²) in [5.74, 6) is -0.972. The molecular formula is C13H13FN2O3. The maximum atomic E-state index is 12.9. The molecule has 0 fully saturated rings. The van der Waals surface area contributed by atoms with Crippen LogP contribution < -0.4 is 4.74 Å². The molecule has 0 aliphatic carbocycles. The van der Waals surface area contributed by atoms with Gasteiger partial charge in [0.1, 0.15) is 11.6 Å². The molecule has 0 radical (unpaired) electrons. The summed E-state index contributed by atoms with van der Waals surface area (Å²) in [5, 5.41) is 12.7. The van der Waals surface area contributed by atoms with E-state index in [1.54, 1.807) is 19.2 Å². The Morgan fingerprint density at radius 3 is 2.89 bits per heavy atom. The molecule has 19 heavy (non-hydrogen) atoms. The number of carboxylic acid groups (broad SMARTS) is 1. The summed E-state index contributed by atoms with van der Waals surface area (Å²) in [6, 6.07) is 7.36. The first-order valence-electron chi connectivity index (χ1n) is 5.71. The van der Waals surface area contributed by atoms with Gasteiger partial charge in [0, 0.05) is 25.2 Å². The lowest BCUT2D eigenvalue weighted by Gasteiger charge is -2.06. The number of aromatic nitrogens is 2. The number of aryl methyl sites for hydroxylation is 1. The maximum Gasteiger partial charge on any atom is 0.356 e. The standard InChI is InChI=1S/C13H13FN2O3/c1-16-10(8-12(15-16)13(17)18)5-6-19-11-4-2-3-9(14)7-11/h2-4,7-8H,5-6H2,1H3,(H,17,18). The van der Waals surface area contributed by atoms with E-state index in [0.29, 0.717) is 18.8 Å². The van der Waals surface area contributed by atoms with Crippen LogP contribution in [0.25, 0.3) is 0 Å².